The van der Waals surface area contributed by atoms with Crippen molar-refractivity contribution < 1.29 is 9.90 Å². The highest BCUT2D eigenvalue weighted by Crippen LogP contribution is 2.22. The minimum Gasteiger partial charge on any atom is -0.480 e. The first-order chi connectivity index (χ1) is 8.66. The van der Waals surface area contributed by atoms with E-state index < -0.39 is 5.97 Å². The average molecular weight is 255 g/mol. The topological polar surface area (TPSA) is 40.5 Å². The predicted octanol–water partition coefficient (Wildman–Crippen LogP) is 3.67. The zero-order valence-corrected chi connectivity index (χ0v) is 12.0. The zero-order valence-electron chi connectivity index (χ0n) is 12.0. The quantitative estimate of drug-likeness (QED) is 0.673. The number of nitrogens with zero attached hydrogens (tertiary/aromatic N) is 1. The van der Waals surface area contributed by atoms with Crippen LogP contribution in [0.15, 0.2) is 0 Å². The number of piperidine rings is 1. The number of aliphatic carboxylic acids is 1. The van der Waals surface area contributed by atoms with Crippen molar-refractivity contribution in [3.63, 3.8) is 0 Å². The maximum absolute atomic E-state index is 11.2. The molecule has 0 bridgehead atoms. The predicted molar refractivity (Wildman–Crippen MR) is 74.8 cm³/mol. The van der Waals surface area contributed by atoms with Crippen molar-refractivity contribution in [2.45, 2.75) is 83.7 Å². The summed E-state index contributed by atoms with van der Waals surface area (Å²) >= 11 is 0. The summed E-state index contributed by atoms with van der Waals surface area (Å²) in [6.07, 6.45) is 10.7. The maximum atomic E-state index is 11.2. The minimum absolute atomic E-state index is 0.232. The number of carbonyl (C=O) groups is 1. The first-order valence-electron chi connectivity index (χ1n) is 7.65. The first kappa shape index (κ1) is 15.5. The summed E-state index contributed by atoms with van der Waals surface area (Å²) in [5.41, 5.74) is 0. The van der Waals surface area contributed by atoms with Crippen molar-refractivity contribution in [2.75, 3.05) is 6.54 Å². The second kappa shape index (κ2) is 8.52. The molecule has 0 saturated carbocycles. The monoisotopic (exact) mass is 255 g/mol. The van der Waals surface area contributed by atoms with Crippen LogP contribution in [0, 0.1) is 0 Å². The van der Waals surface area contributed by atoms with Crippen LogP contribution < -0.4 is 0 Å². The third kappa shape index (κ3) is 4.97. The molecule has 106 valence electrons. The van der Waals surface area contributed by atoms with E-state index >= 15 is 0 Å². The standard InChI is InChI=1S/C15H29NO2/c1-3-4-5-6-7-10-13(2)16-12-9-8-11-14(16)15(17)18/h13-14H,3-12H2,1-2H3,(H,17,18). The number of unbranched alkanes of at least 4 members (excludes halogenated alkanes) is 4. The molecule has 1 heterocycles. The van der Waals surface area contributed by atoms with Crippen LogP contribution in [0.2, 0.25) is 0 Å². The molecular weight excluding hydrogens is 226 g/mol. The van der Waals surface area contributed by atoms with E-state index in [4.69, 9.17) is 0 Å². The van der Waals surface area contributed by atoms with Crippen LogP contribution in [0.1, 0.15) is 71.6 Å². The van der Waals surface area contributed by atoms with Crippen molar-refractivity contribution in [3.8, 4) is 0 Å². The zero-order chi connectivity index (χ0) is 13.4. The Kier molecular flexibility index (Phi) is 7.33. The fourth-order valence-corrected chi connectivity index (χ4v) is 2.96. The third-order valence-corrected chi connectivity index (χ3v) is 4.12. The SMILES string of the molecule is CCCCCCCC(C)N1CCCCC1C(=O)O. The summed E-state index contributed by atoms with van der Waals surface area (Å²) < 4.78 is 0. The number of rotatable bonds is 8. The lowest BCUT2D eigenvalue weighted by molar-refractivity contribution is -0.145. The molecule has 1 N–H and O–H groups in total. The molecule has 3 nitrogen and oxygen atoms in total. The molecule has 3 heteroatoms. The number of hydrogen-bond acceptors (Lipinski definition) is 2. The summed E-state index contributed by atoms with van der Waals surface area (Å²) in [6.45, 7) is 5.39. The number of hydrogen-bond donors (Lipinski definition) is 1. The van der Waals surface area contributed by atoms with Gasteiger partial charge < -0.3 is 5.11 Å². The largest absolute Gasteiger partial charge is 0.480 e. The van der Waals surface area contributed by atoms with Gasteiger partial charge in [-0.1, -0.05) is 45.4 Å². The molecule has 0 spiro atoms. The number of carboxylic acid groups (broad SMARTS) is 1. The maximum Gasteiger partial charge on any atom is 0.320 e. The van der Waals surface area contributed by atoms with Crippen molar-refractivity contribution in [1.29, 1.82) is 0 Å². The molecule has 2 atom stereocenters. The van der Waals surface area contributed by atoms with Crippen LogP contribution in [-0.4, -0.2) is 34.6 Å². The summed E-state index contributed by atoms with van der Waals surface area (Å²) in [5, 5.41) is 9.26. The average Bonchev–Trinajstić information content (AvgIpc) is 2.38. The van der Waals surface area contributed by atoms with E-state index in [1.165, 1.54) is 32.1 Å². The summed E-state index contributed by atoms with van der Waals surface area (Å²) in [5.74, 6) is -0.632. The van der Waals surface area contributed by atoms with Gasteiger partial charge in [-0.25, -0.2) is 0 Å². The molecule has 1 saturated heterocycles. The van der Waals surface area contributed by atoms with E-state index in [0.29, 0.717) is 6.04 Å². The van der Waals surface area contributed by atoms with Crippen LogP contribution in [0.5, 0.6) is 0 Å². The van der Waals surface area contributed by atoms with Crippen molar-refractivity contribution in [2.24, 2.45) is 0 Å². The minimum atomic E-state index is -0.632. The van der Waals surface area contributed by atoms with Gasteiger partial charge in [0, 0.05) is 6.04 Å². The molecule has 1 aliphatic heterocycles. The molecule has 1 aliphatic rings. The lowest BCUT2D eigenvalue weighted by Gasteiger charge is -2.37. The van der Waals surface area contributed by atoms with Gasteiger partial charge in [-0.05, 0) is 32.7 Å². The Balaban J connectivity index is 2.29. The van der Waals surface area contributed by atoms with Gasteiger partial charge >= 0.3 is 5.97 Å². The lowest BCUT2D eigenvalue weighted by atomic mass is 9.98. The Hall–Kier alpha value is -0.570. The summed E-state index contributed by atoms with van der Waals surface area (Å²) in [7, 11) is 0. The molecule has 0 radical (unpaired) electrons. The Morgan fingerprint density at radius 3 is 2.67 bits per heavy atom. The third-order valence-electron chi connectivity index (χ3n) is 4.12. The molecule has 2 unspecified atom stereocenters. The Bertz CT molecular complexity index is 243. The van der Waals surface area contributed by atoms with Crippen molar-refractivity contribution >= 4 is 5.97 Å². The van der Waals surface area contributed by atoms with Crippen molar-refractivity contribution in [1.82, 2.24) is 4.90 Å². The van der Waals surface area contributed by atoms with E-state index in [0.717, 1.165) is 32.2 Å². The van der Waals surface area contributed by atoms with Gasteiger partial charge in [0.25, 0.3) is 0 Å². The molecule has 1 fully saturated rings. The van der Waals surface area contributed by atoms with Gasteiger partial charge in [-0.2, -0.15) is 0 Å². The summed E-state index contributed by atoms with van der Waals surface area (Å²) in [6, 6.07) is 0.192. The summed E-state index contributed by atoms with van der Waals surface area (Å²) in [4.78, 5) is 13.5. The van der Waals surface area contributed by atoms with Gasteiger partial charge in [-0.3, -0.25) is 9.69 Å². The lowest BCUT2D eigenvalue weighted by Crippen LogP contribution is -2.49. The normalized spacial score (nSPS) is 22.9. The molecule has 0 aromatic rings. The Morgan fingerprint density at radius 1 is 1.28 bits per heavy atom. The highest BCUT2D eigenvalue weighted by atomic mass is 16.4. The van der Waals surface area contributed by atoms with Crippen LogP contribution in [0.3, 0.4) is 0 Å². The molecule has 0 aromatic heterocycles. The molecule has 0 aromatic carbocycles. The van der Waals surface area contributed by atoms with E-state index in [1.54, 1.807) is 0 Å². The van der Waals surface area contributed by atoms with E-state index in [1.807, 2.05) is 0 Å². The Morgan fingerprint density at radius 2 is 2.00 bits per heavy atom. The van der Waals surface area contributed by atoms with Crippen LogP contribution >= 0.6 is 0 Å². The van der Waals surface area contributed by atoms with Gasteiger partial charge in [0.15, 0.2) is 0 Å². The molecule has 0 aliphatic carbocycles. The van der Waals surface area contributed by atoms with Gasteiger partial charge in [0.05, 0.1) is 0 Å². The molecule has 1 rings (SSSR count). The van der Waals surface area contributed by atoms with Gasteiger partial charge in [0.2, 0.25) is 0 Å². The highest BCUT2D eigenvalue weighted by molar-refractivity contribution is 5.73. The van der Waals surface area contributed by atoms with E-state index in [-0.39, 0.29) is 6.04 Å². The number of carboxylic acids is 1. The molecular formula is C15H29NO2. The fraction of sp³-hybridized carbons (Fsp3) is 0.933. The van der Waals surface area contributed by atoms with Crippen LogP contribution in [-0.2, 0) is 4.79 Å². The molecule has 18 heavy (non-hydrogen) atoms. The highest BCUT2D eigenvalue weighted by Gasteiger charge is 2.31. The fourth-order valence-electron chi connectivity index (χ4n) is 2.96. The van der Waals surface area contributed by atoms with Crippen molar-refractivity contribution in [3.05, 3.63) is 0 Å². The van der Waals surface area contributed by atoms with Crippen LogP contribution in [0.4, 0.5) is 0 Å². The van der Waals surface area contributed by atoms with E-state index in [9.17, 15) is 9.90 Å². The number of likely N-dealkylation sites (tertiary alicyclic amines) is 1. The Labute approximate surface area is 112 Å². The molecule has 0 amide bonds. The smallest absolute Gasteiger partial charge is 0.320 e. The second-order valence-corrected chi connectivity index (χ2v) is 5.64. The van der Waals surface area contributed by atoms with Crippen LogP contribution in [0.25, 0.3) is 0 Å². The van der Waals surface area contributed by atoms with Gasteiger partial charge in [-0.15, -0.1) is 0 Å². The first-order valence-corrected chi connectivity index (χ1v) is 7.65. The van der Waals surface area contributed by atoms with E-state index in [2.05, 4.69) is 18.7 Å². The van der Waals surface area contributed by atoms with Gasteiger partial charge in [0.1, 0.15) is 6.04 Å². The second-order valence-electron chi connectivity index (χ2n) is 5.64.